The van der Waals surface area contributed by atoms with Gasteiger partial charge in [-0.1, -0.05) is 23.7 Å². The summed E-state index contributed by atoms with van der Waals surface area (Å²) in [5, 5.41) is 27.9. The molecule has 7 heteroatoms. The molecule has 0 radical (unpaired) electrons. The van der Waals surface area contributed by atoms with Gasteiger partial charge in [-0.2, -0.15) is 10.4 Å². The average molecular weight is 343 g/mol. The van der Waals surface area contributed by atoms with Gasteiger partial charge in [-0.15, -0.1) is 11.7 Å². The van der Waals surface area contributed by atoms with E-state index in [0.717, 1.165) is 10.1 Å². The van der Waals surface area contributed by atoms with Crippen LogP contribution < -0.4 is 5.56 Å². The first kappa shape index (κ1) is 17.4. The van der Waals surface area contributed by atoms with Crippen LogP contribution in [-0.4, -0.2) is 9.67 Å². The summed E-state index contributed by atoms with van der Waals surface area (Å²) < 4.78 is 1.03. The lowest BCUT2D eigenvalue weighted by Crippen LogP contribution is -2.21. The third kappa shape index (κ3) is 3.07. The number of azo groups is 1. The average Bonchev–Trinajstić information content (AvgIpc) is 2.55. The number of hydrogen-bond donors (Lipinski definition) is 1. The molecule has 1 heterocycles. The first-order chi connectivity index (χ1) is 11.4. The van der Waals surface area contributed by atoms with Crippen molar-refractivity contribution in [3.8, 4) is 11.9 Å². The molecule has 1 N–H and O–H groups in total. The van der Waals surface area contributed by atoms with Crippen LogP contribution in [-0.2, 0) is 6.54 Å². The summed E-state index contributed by atoms with van der Waals surface area (Å²) in [6.45, 7) is 6.92. The first-order valence-electron chi connectivity index (χ1n) is 7.06. The molecule has 0 amide bonds. The van der Waals surface area contributed by atoms with Gasteiger partial charge in [0, 0.05) is 17.1 Å². The van der Waals surface area contributed by atoms with Crippen LogP contribution in [0.2, 0.25) is 5.02 Å². The van der Waals surface area contributed by atoms with E-state index in [0.29, 0.717) is 10.7 Å². The van der Waals surface area contributed by atoms with Crippen molar-refractivity contribution in [2.75, 3.05) is 0 Å². The molecule has 0 aliphatic heterocycles. The molecule has 2 rings (SSSR count). The molecule has 0 aliphatic rings. The lowest BCUT2D eigenvalue weighted by atomic mass is 10.1. The van der Waals surface area contributed by atoms with Gasteiger partial charge in [0.1, 0.15) is 11.6 Å². The molecule has 122 valence electrons. The molecule has 0 unspecified atom stereocenters. The highest BCUT2D eigenvalue weighted by molar-refractivity contribution is 6.31. The number of allylic oxidation sites excluding steroid dienone is 1. The van der Waals surface area contributed by atoms with E-state index in [1.54, 1.807) is 25.1 Å². The SMILES string of the molecule is C=CCn1c(O)c(C#N)c(C)c(N=Nc2cccc(Cl)c2C)c1=O. The van der Waals surface area contributed by atoms with Gasteiger partial charge in [-0.3, -0.25) is 9.36 Å². The summed E-state index contributed by atoms with van der Waals surface area (Å²) in [6.07, 6.45) is 1.44. The number of hydrogen-bond acceptors (Lipinski definition) is 5. The molecule has 0 saturated heterocycles. The van der Waals surface area contributed by atoms with Crippen LogP contribution in [0.15, 0.2) is 45.9 Å². The molecule has 0 atom stereocenters. The highest BCUT2D eigenvalue weighted by Crippen LogP contribution is 2.29. The Morgan fingerprint density at radius 3 is 2.71 bits per heavy atom. The van der Waals surface area contributed by atoms with Crippen LogP contribution >= 0.6 is 11.6 Å². The predicted octanol–water partition coefficient (Wildman–Crippen LogP) is 4.30. The van der Waals surface area contributed by atoms with Gasteiger partial charge in [-0.25, -0.2) is 0 Å². The van der Waals surface area contributed by atoms with Crippen molar-refractivity contribution >= 4 is 23.0 Å². The molecule has 24 heavy (non-hydrogen) atoms. The summed E-state index contributed by atoms with van der Waals surface area (Å²) in [5.41, 5.74) is 0.935. The topological polar surface area (TPSA) is 90.7 Å². The van der Waals surface area contributed by atoms with Gasteiger partial charge >= 0.3 is 0 Å². The zero-order valence-electron chi connectivity index (χ0n) is 13.2. The monoisotopic (exact) mass is 342 g/mol. The standard InChI is InChI=1S/C17H15ClN4O2/c1-4-8-22-16(23)12(9-19)10(2)15(17(22)24)21-20-14-7-5-6-13(18)11(14)3/h4-7,23H,1,8H2,2-3H3. The highest BCUT2D eigenvalue weighted by atomic mass is 35.5. The van der Waals surface area contributed by atoms with Crippen LogP contribution in [0.1, 0.15) is 16.7 Å². The van der Waals surface area contributed by atoms with Crippen molar-refractivity contribution in [3.05, 3.63) is 62.9 Å². The second kappa shape index (κ2) is 7.11. The summed E-state index contributed by atoms with van der Waals surface area (Å²) in [6, 6.07) is 7.05. The number of nitriles is 1. The van der Waals surface area contributed by atoms with E-state index >= 15 is 0 Å². The second-order valence-electron chi connectivity index (χ2n) is 5.07. The third-order valence-corrected chi connectivity index (χ3v) is 3.99. The van der Waals surface area contributed by atoms with Crippen molar-refractivity contribution in [2.45, 2.75) is 20.4 Å². The molecule has 0 saturated carbocycles. The number of benzene rings is 1. The number of nitrogens with zero attached hydrogens (tertiary/aromatic N) is 4. The Kier molecular flexibility index (Phi) is 5.17. The Bertz CT molecular complexity index is 939. The van der Waals surface area contributed by atoms with E-state index in [1.165, 1.54) is 13.0 Å². The van der Waals surface area contributed by atoms with E-state index in [4.69, 9.17) is 11.6 Å². The van der Waals surface area contributed by atoms with Crippen LogP contribution in [0.5, 0.6) is 5.88 Å². The minimum absolute atomic E-state index is 0.00873. The molecule has 6 nitrogen and oxygen atoms in total. The van der Waals surface area contributed by atoms with Gasteiger partial charge in [0.25, 0.3) is 5.56 Å². The second-order valence-corrected chi connectivity index (χ2v) is 5.48. The van der Waals surface area contributed by atoms with Gasteiger partial charge < -0.3 is 5.11 Å². The molecular weight excluding hydrogens is 328 g/mol. The zero-order valence-corrected chi connectivity index (χ0v) is 14.0. The Labute approximate surface area is 144 Å². The van der Waals surface area contributed by atoms with E-state index in [2.05, 4.69) is 16.8 Å². The molecule has 0 aliphatic carbocycles. The molecule has 0 fully saturated rings. The van der Waals surface area contributed by atoms with Crippen LogP contribution in [0.4, 0.5) is 11.4 Å². The smallest absolute Gasteiger partial charge is 0.281 e. The number of halogens is 1. The highest BCUT2D eigenvalue weighted by Gasteiger charge is 2.18. The van der Waals surface area contributed by atoms with E-state index < -0.39 is 11.4 Å². The molecular formula is C17H15ClN4O2. The summed E-state index contributed by atoms with van der Waals surface area (Å²) in [7, 11) is 0. The number of rotatable bonds is 4. The van der Waals surface area contributed by atoms with Crippen molar-refractivity contribution in [3.63, 3.8) is 0 Å². The zero-order chi connectivity index (χ0) is 17.9. The molecule has 0 bridgehead atoms. The Hall–Kier alpha value is -2.91. The fraction of sp³-hybridized carbons (Fsp3) is 0.176. The minimum atomic E-state index is -0.549. The maximum atomic E-state index is 12.5. The molecule has 2 aromatic rings. The number of aromatic nitrogens is 1. The van der Waals surface area contributed by atoms with Crippen LogP contribution in [0, 0.1) is 25.2 Å². The maximum Gasteiger partial charge on any atom is 0.281 e. The predicted molar refractivity (Wildman–Crippen MR) is 92.4 cm³/mol. The van der Waals surface area contributed by atoms with E-state index in [1.807, 2.05) is 6.07 Å². The van der Waals surface area contributed by atoms with Gasteiger partial charge in [0.2, 0.25) is 5.88 Å². The Balaban J connectivity index is 2.66. The number of pyridine rings is 1. The van der Waals surface area contributed by atoms with Crippen molar-refractivity contribution < 1.29 is 5.11 Å². The van der Waals surface area contributed by atoms with Crippen molar-refractivity contribution in [1.29, 1.82) is 5.26 Å². The van der Waals surface area contributed by atoms with Gasteiger partial charge in [0.15, 0.2) is 5.69 Å². The van der Waals surface area contributed by atoms with Crippen molar-refractivity contribution in [1.82, 2.24) is 4.57 Å². The lowest BCUT2D eigenvalue weighted by Gasteiger charge is -2.11. The number of aromatic hydroxyl groups is 1. The van der Waals surface area contributed by atoms with Crippen LogP contribution in [0.25, 0.3) is 0 Å². The summed E-state index contributed by atoms with van der Waals surface area (Å²) in [4.78, 5) is 12.5. The molecule has 1 aromatic carbocycles. The lowest BCUT2D eigenvalue weighted by molar-refractivity contribution is 0.414. The van der Waals surface area contributed by atoms with E-state index in [-0.39, 0.29) is 23.4 Å². The Morgan fingerprint density at radius 1 is 1.38 bits per heavy atom. The third-order valence-electron chi connectivity index (χ3n) is 3.58. The van der Waals surface area contributed by atoms with Crippen molar-refractivity contribution in [2.24, 2.45) is 10.2 Å². The van der Waals surface area contributed by atoms with Crippen LogP contribution in [0.3, 0.4) is 0 Å². The normalized spacial score (nSPS) is 10.8. The molecule has 0 spiro atoms. The minimum Gasteiger partial charge on any atom is -0.493 e. The Morgan fingerprint density at radius 2 is 2.08 bits per heavy atom. The van der Waals surface area contributed by atoms with E-state index in [9.17, 15) is 15.2 Å². The largest absolute Gasteiger partial charge is 0.493 e. The fourth-order valence-corrected chi connectivity index (χ4v) is 2.33. The maximum absolute atomic E-state index is 12.5. The fourth-order valence-electron chi connectivity index (χ4n) is 2.16. The molecule has 1 aromatic heterocycles. The van der Waals surface area contributed by atoms with Gasteiger partial charge in [-0.05, 0) is 31.5 Å². The summed E-state index contributed by atoms with van der Waals surface area (Å²) in [5.74, 6) is -0.405. The quantitative estimate of drug-likeness (QED) is 0.663. The van der Waals surface area contributed by atoms with Gasteiger partial charge in [0.05, 0.1) is 5.69 Å². The first-order valence-corrected chi connectivity index (χ1v) is 7.44. The summed E-state index contributed by atoms with van der Waals surface area (Å²) >= 11 is 6.04.